The van der Waals surface area contributed by atoms with Gasteiger partial charge in [-0.1, -0.05) is 24.3 Å². The minimum absolute atomic E-state index is 0.267. The van der Waals surface area contributed by atoms with Crippen LogP contribution in [0.1, 0.15) is 11.1 Å². The topological polar surface area (TPSA) is 21.7 Å². The first kappa shape index (κ1) is 13.2. The summed E-state index contributed by atoms with van der Waals surface area (Å²) in [6.45, 7) is 2.78. The molecule has 20 heavy (non-hydrogen) atoms. The summed E-state index contributed by atoms with van der Waals surface area (Å²) in [5.74, 6) is 1.76. The summed E-state index contributed by atoms with van der Waals surface area (Å²) in [7, 11) is 1.69. The molecule has 0 bridgehead atoms. The first-order chi connectivity index (χ1) is 9.69. The maximum atomic E-state index is 5.77. The van der Waals surface area contributed by atoms with E-state index >= 15 is 0 Å². The van der Waals surface area contributed by atoms with Crippen molar-refractivity contribution in [2.24, 2.45) is 0 Å². The molecule has 3 rings (SSSR count). The molecule has 1 unspecified atom stereocenters. The second-order valence-corrected chi connectivity index (χ2v) is 5.30. The summed E-state index contributed by atoms with van der Waals surface area (Å²) < 4.78 is 11.2. The quantitative estimate of drug-likeness (QED) is 0.872. The van der Waals surface area contributed by atoms with Gasteiger partial charge in [0, 0.05) is 5.56 Å². The van der Waals surface area contributed by atoms with Crippen molar-refractivity contribution in [1.29, 1.82) is 0 Å². The van der Waals surface area contributed by atoms with Gasteiger partial charge in [0.15, 0.2) is 0 Å². The molecular weight excluding hydrogens is 270 g/mol. The van der Waals surface area contributed by atoms with E-state index in [9.17, 15) is 0 Å². The fourth-order valence-corrected chi connectivity index (χ4v) is 2.75. The number of ether oxygens (including phenoxy) is 2. The molecule has 0 N–H and O–H groups in total. The zero-order chi connectivity index (χ0) is 14.1. The van der Waals surface area contributed by atoms with Gasteiger partial charge >= 0.3 is 0 Å². The number of anilines is 1. The number of fused-ring (bicyclic) bond motifs is 1. The van der Waals surface area contributed by atoms with E-state index in [4.69, 9.17) is 9.47 Å². The predicted molar refractivity (Wildman–Crippen MR) is 83.8 cm³/mol. The van der Waals surface area contributed by atoms with Gasteiger partial charge in [-0.15, -0.1) is 12.6 Å². The smallest absolute Gasteiger partial charge is 0.218 e. The van der Waals surface area contributed by atoms with E-state index in [1.807, 2.05) is 30.3 Å². The van der Waals surface area contributed by atoms with Crippen LogP contribution in [0.15, 0.2) is 42.5 Å². The maximum absolute atomic E-state index is 5.77. The zero-order valence-electron chi connectivity index (χ0n) is 11.5. The molecule has 0 saturated carbocycles. The third-order valence-corrected chi connectivity index (χ3v) is 3.84. The standard InChI is InChI=1S/C16H17NO2S/c1-11-7-8-15-13(9-11)17(16(20)19-15)10-12-5-3-4-6-14(12)18-2/h3-9,16,20H,10H2,1-2H3. The van der Waals surface area contributed by atoms with Gasteiger partial charge in [0.25, 0.3) is 0 Å². The predicted octanol–water partition coefficient (Wildman–Crippen LogP) is 3.62. The van der Waals surface area contributed by atoms with Gasteiger partial charge in [0.05, 0.1) is 19.3 Å². The van der Waals surface area contributed by atoms with Crippen LogP contribution in [0.4, 0.5) is 5.69 Å². The van der Waals surface area contributed by atoms with E-state index in [1.54, 1.807) is 7.11 Å². The van der Waals surface area contributed by atoms with Crippen molar-refractivity contribution in [1.82, 2.24) is 0 Å². The van der Waals surface area contributed by atoms with Crippen molar-refractivity contribution < 1.29 is 9.47 Å². The molecule has 1 aliphatic rings. The Kier molecular flexibility index (Phi) is 3.49. The maximum Gasteiger partial charge on any atom is 0.218 e. The Balaban J connectivity index is 1.94. The average Bonchev–Trinajstić information content (AvgIpc) is 2.76. The number of rotatable bonds is 3. The van der Waals surface area contributed by atoms with Gasteiger partial charge in [0.2, 0.25) is 5.56 Å². The van der Waals surface area contributed by atoms with Crippen LogP contribution in [-0.2, 0) is 6.54 Å². The van der Waals surface area contributed by atoms with Crippen molar-refractivity contribution in [2.75, 3.05) is 12.0 Å². The minimum Gasteiger partial charge on any atom is -0.496 e. The number of hydrogen-bond donors (Lipinski definition) is 1. The Morgan fingerprint density at radius 1 is 1.25 bits per heavy atom. The van der Waals surface area contributed by atoms with Crippen LogP contribution in [0.25, 0.3) is 0 Å². The first-order valence-corrected chi connectivity index (χ1v) is 7.04. The zero-order valence-corrected chi connectivity index (χ0v) is 12.4. The van der Waals surface area contributed by atoms with E-state index in [-0.39, 0.29) is 5.56 Å². The highest BCUT2D eigenvalue weighted by Crippen LogP contribution is 2.40. The molecule has 0 radical (unpaired) electrons. The van der Waals surface area contributed by atoms with Crippen LogP contribution in [0.5, 0.6) is 11.5 Å². The van der Waals surface area contributed by atoms with Crippen LogP contribution < -0.4 is 14.4 Å². The molecule has 4 heteroatoms. The van der Waals surface area contributed by atoms with Gasteiger partial charge < -0.3 is 14.4 Å². The highest BCUT2D eigenvalue weighted by atomic mass is 32.1. The Bertz CT molecular complexity index is 630. The lowest BCUT2D eigenvalue weighted by Crippen LogP contribution is -2.29. The molecule has 0 amide bonds. The molecule has 1 atom stereocenters. The summed E-state index contributed by atoms with van der Waals surface area (Å²) in [6.07, 6.45) is 0. The molecule has 3 nitrogen and oxygen atoms in total. The lowest BCUT2D eigenvalue weighted by Gasteiger charge is -2.22. The van der Waals surface area contributed by atoms with E-state index in [0.29, 0.717) is 6.54 Å². The fourth-order valence-electron chi connectivity index (χ4n) is 2.43. The summed E-state index contributed by atoms with van der Waals surface area (Å²) in [5, 5.41) is 0. The highest BCUT2D eigenvalue weighted by Gasteiger charge is 2.28. The SMILES string of the molecule is COc1ccccc1CN1c2cc(C)ccc2OC1S. The molecule has 104 valence electrons. The average molecular weight is 287 g/mol. The normalized spacial score (nSPS) is 16.8. The molecule has 2 aromatic rings. The first-order valence-electron chi connectivity index (χ1n) is 6.53. The van der Waals surface area contributed by atoms with Crippen molar-refractivity contribution in [2.45, 2.75) is 19.0 Å². The van der Waals surface area contributed by atoms with E-state index in [2.05, 4.69) is 36.6 Å². The van der Waals surface area contributed by atoms with Crippen LogP contribution >= 0.6 is 12.6 Å². The van der Waals surface area contributed by atoms with Crippen LogP contribution in [0.2, 0.25) is 0 Å². The summed E-state index contributed by atoms with van der Waals surface area (Å²) in [4.78, 5) is 2.13. The Hall–Kier alpha value is -1.81. The van der Waals surface area contributed by atoms with Gasteiger partial charge in [-0.05, 0) is 30.7 Å². The monoisotopic (exact) mass is 287 g/mol. The minimum atomic E-state index is -0.267. The Labute approximate surface area is 124 Å². The Morgan fingerprint density at radius 3 is 2.85 bits per heavy atom. The van der Waals surface area contributed by atoms with E-state index < -0.39 is 0 Å². The number of benzene rings is 2. The molecule has 0 spiro atoms. The third kappa shape index (κ3) is 2.31. The van der Waals surface area contributed by atoms with Crippen LogP contribution in [0, 0.1) is 6.92 Å². The molecule has 2 aromatic carbocycles. The highest BCUT2D eigenvalue weighted by molar-refractivity contribution is 7.80. The Morgan fingerprint density at radius 2 is 2.05 bits per heavy atom. The van der Waals surface area contributed by atoms with Crippen LogP contribution in [-0.4, -0.2) is 12.7 Å². The summed E-state index contributed by atoms with van der Waals surface area (Å²) in [5.41, 5.74) is 3.14. The van der Waals surface area contributed by atoms with Gasteiger partial charge in [-0.2, -0.15) is 0 Å². The van der Waals surface area contributed by atoms with Crippen LogP contribution in [0.3, 0.4) is 0 Å². The van der Waals surface area contributed by atoms with E-state index in [1.165, 1.54) is 5.56 Å². The van der Waals surface area contributed by atoms with Crippen molar-refractivity contribution >= 4 is 18.3 Å². The molecule has 1 aliphatic heterocycles. The van der Waals surface area contributed by atoms with Gasteiger partial charge in [-0.25, -0.2) is 0 Å². The van der Waals surface area contributed by atoms with Gasteiger partial charge in [-0.3, -0.25) is 0 Å². The largest absolute Gasteiger partial charge is 0.496 e. The summed E-state index contributed by atoms with van der Waals surface area (Å²) >= 11 is 4.52. The molecule has 0 saturated heterocycles. The number of thiol groups is 1. The van der Waals surface area contributed by atoms with Crippen molar-refractivity contribution in [3.8, 4) is 11.5 Å². The van der Waals surface area contributed by atoms with Crippen molar-refractivity contribution in [3.63, 3.8) is 0 Å². The number of nitrogens with zero attached hydrogens (tertiary/aromatic N) is 1. The number of methoxy groups -OCH3 is 1. The van der Waals surface area contributed by atoms with Crippen molar-refractivity contribution in [3.05, 3.63) is 53.6 Å². The molecule has 0 aromatic heterocycles. The third-order valence-electron chi connectivity index (χ3n) is 3.46. The molecule has 0 fully saturated rings. The number of aryl methyl sites for hydroxylation is 1. The van der Waals surface area contributed by atoms with E-state index in [0.717, 1.165) is 22.7 Å². The number of hydrogen-bond acceptors (Lipinski definition) is 4. The number of para-hydroxylation sites is 1. The lowest BCUT2D eigenvalue weighted by molar-refractivity contribution is 0.313. The van der Waals surface area contributed by atoms with Gasteiger partial charge in [0.1, 0.15) is 11.5 Å². The second kappa shape index (κ2) is 5.29. The molecule has 1 heterocycles. The second-order valence-electron chi connectivity index (χ2n) is 4.86. The molecule has 0 aliphatic carbocycles. The molecular formula is C16H17NO2S. The lowest BCUT2D eigenvalue weighted by atomic mass is 10.1. The summed E-state index contributed by atoms with van der Waals surface area (Å²) in [6, 6.07) is 14.2. The fraction of sp³-hybridized carbons (Fsp3) is 0.250.